The molecule has 2 saturated heterocycles. The molecule has 206 valence electrons. The van der Waals surface area contributed by atoms with Gasteiger partial charge in [-0.3, -0.25) is 0 Å². The van der Waals surface area contributed by atoms with E-state index in [1.165, 1.54) is 24.3 Å². The molecule has 8 heteroatoms. The van der Waals surface area contributed by atoms with Crippen LogP contribution in [0.15, 0.2) is 0 Å². The van der Waals surface area contributed by atoms with E-state index < -0.39 is 11.2 Å². The van der Waals surface area contributed by atoms with Gasteiger partial charge in [0.15, 0.2) is 0 Å². The maximum atomic E-state index is 12.3. The van der Waals surface area contributed by atoms with Gasteiger partial charge in [-0.2, -0.15) is 0 Å². The largest absolute Gasteiger partial charge is 0.444 e. The highest BCUT2D eigenvalue weighted by molar-refractivity contribution is 8.76. The molecule has 6 nitrogen and oxygen atoms in total. The lowest BCUT2D eigenvalue weighted by Gasteiger charge is -2.33. The van der Waals surface area contributed by atoms with Crippen LogP contribution in [0.3, 0.4) is 0 Å². The standard InChI is InChI=1S/C28H48N2O4S2/c1-27(2,3)33-25(31)29-11-7-19(8-12-29)23-15-21(23)17-35-36-18-22-16-24(22)20-9-13-30(14-10-20)26(32)34-28(4,5)6/h19-24H,7-18H2,1-6H3/t21-,22-,23+,24+/m0/s1. The molecule has 4 rings (SSSR count). The topological polar surface area (TPSA) is 59.1 Å². The van der Waals surface area contributed by atoms with E-state index in [0.29, 0.717) is 0 Å². The predicted molar refractivity (Wildman–Crippen MR) is 149 cm³/mol. The van der Waals surface area contributed by atoms with Crippen molar-refractivity contribution >= 4 is 33.8 Å². The van der Waals surface area contributed by atoms with Gasteiger partial charge in [0.05, 0.1) is 0 Å². The first-order valence-corrected chi connectivity index (χ1v) is 16.6. The first-order valence-electron chi connectivity index (χ1n) is 14.1. The Morgan fingerprint density at radius 2 is 1.00 bits per heavy atom. The Balaban J connectivity index is 1.03. The van der Waals surface area contributed by atoms with E-state index in [9.17, 15) is 9.59 Å². The Hall–Kier alpha value is -0.760. The van der Waals surface area contributed by atoms with Crippen LogP contribution >= 0.6 is 21.6 Å². The average molecular weight is 541 g/mol. The maximum absolute atomic E-state index is 12.3. The molecule has 2 amide bonds. The van der Waals surface area contributed by atoms with Gasteiger partial charge in [-0.05, 0) is 116 Å². The third-order valence-electron chi connectivity index (χ3n) is 8.20. The number of hydrogen-bond donors (Lipinski definition) is 0. The van der Waals surface area contributed by atoms with Crippen molar-refractivity contribution in [2.75, 3.05) is 37.7 Å². The van der Waals surface area contributed by atoms with Crippen molar-refractivity contribution in [1.29, 1.82) is 0 Å². The second kappa shape index (κ2) is 11.5. The molecule has 0 aromatic carbocycles. The monoisotopic (exact) mass is 540 g/mol. The van der Waals surface area contributed by atoms with Gasteiger partial charge in [0.25, 0.3) is 0 Å². The second-order valence-corrected chi connectivity index (χ2v) is 16.1. The minimum absolute atomic E-state index is 0.146. The quantitative estimate of drug-likeness (QED) is 0.258. The first-order chi connectivity index (χ1) is 16.9. The number of ether oxygens (including phenoxy) is 2. The number of piperidine rings is 2. The van der Waals surface area contributed by atoms with E-state index in [0.717, 1.165) is 87.4 Å². The van der Waals surface area contributed by atoms with Crippen LogP contribution in [0.2, 0.25) is 0 Å². The van der Waals surface area contributed by atoms with Gasteiger partial charge in [-0.25, -0.2) is 9.59 Å². The van der Waals surface area contributed by atoms with Crippen molar-refractivity contribution < 1.29 is 19.1 Å². The number of carbonyl (C=O) groups is 2. The summed E-state index contributed by atoms with van der Waals surface area (Å²) in [4.78, 5) is 28.4. The summed E-state index contributed by atoms with van der Waals surface area (Å²) in [6, 6.07) is 0. The summed E-state index contributed by atoms with van der Waals surface area (Å²) >= 11 is 0. The molecule has 0 spiro atoms. The number of nitrogens with zero attached hydrogens (tertiary/aromatic N) is 2. The lowest BCUT2D eigenvalue weighted by atomic mass is 9.91. The van der Waals surface area contributed by atoms with Crippen LogP contribution in [0.5, 0.6) is 0 Å². The Labute approximate surface area is 226 Å². The van der Waals surface area contributed by atoms with E-state index in [2.05, 4.69) is 21.6 Å². The molecule has 0 radical (unpaired) electrons. The Bertz CT molecular complexity index is 700. The van der Waals surface area contributed by atoms with Gasteiger partial charge in [-0.15, -0.1) is 0 Å². The van der Waals surface area contributed by atoms with Crippen molar-refractivity contribution in [3.05, 3.63) is 0 Å². The molecule has 0 bridgehead atoms. The summed E-state index contributed by atoms with van der Waals surface area (Å²) in [5.41, 5.74) is -0.825. The van der Waals surface area contributed by atoms with Gasteiger partial charge in [0.2, 0.25) is 0 Å². The molecule has 36 heavy (non-hydrogen) atoms. The van der Waals surface area contributed by atoms with Crippen LogP contribution in [-0.4, -0.2) is 70.9 Å². The van der Waals surface area contributed by atoms with E-state index in [1.54, 1.807) is 0 Å². The van der Waals surface area contributed by atoms with Crippen LogP contribution in [-0.2, 0) is 9.47 Å². The lowest BCUT2D eigenvalue weighted by Crippen LogP contribution is -2.42. The van der Waals surface area contributed by atoms with Crippen LogP contribution in [0.4, 0.5) is 9.59 Å². The van der Waals surface area contributed by atoms with Crippen molar-refractivity contribution in [2.24, 2.45) is 35.5 Å². The minimum Gasteiger partial charge on any atom is -0.444 e. The van der Waals surface area contributed by atoms with E-state index in [-0.39, 0.29) is 12.2 Å². The summed E-state index contributed by atoms with van der Waals surface area (Å²) in [5, 5.41) is 0. The Morgan fingerprint density at radius 1 is 0.667 bits per heavy atom. The van der Waals surface area contributed by atoms with E-state index in [1.807, 2.05) is 51.3 Å². The van der Waals surface area contributed by atoms with E-state index >= 15 is 0 Å². The van der Waals surface area contributed by atoms with Crippen LogP contribution < -0.4 is 0 Å². The highest BCUT2D eigenvalue weighted by Gasteiger charge is 2.45. The molecule has 2 aliphatic heterocycles. The van der Waals surface area contributed by atoms with Gasteiger partial charge >= 0.3 is 12.2 Å². The summed E-state index contributed by atoms with van der Waals surface area (Å²) in [6.45, 7) is 15.0. The molecule has 0 aromatic rings. The van der Waals surface area contributed by atoms with Gasteiger partial charge in [0.1, 0.15) is 11.2 Å². The summed E-state index contributed by atoms with van der Waals surface area (Å²) < 4.78 is 11.1. The number of likely N-dealkylation sites (tertiary alicyclic amines) is 2. The average Bonchev–Trinajstić information content (AvgIpc) is 3.70. The molecule has 0 unspecified atom stereocenters. The molecule has 4 atom stereocenters. The number of rotatable bonds is 7. The molecule has 2 heterocycles. The molecular formula is C28H48N2O4S2. The normalized spacial score (nSPS) is 29.7. The van der Waals surface area contributed by atoms with Gasteiger partial charge < -0.3 is 19.3 Å². The second-order valence-electron chi connectivity index (χ2n) is 13.5. The highest BCUT2D eigenvalue weighted by atomic mass is 33.1. The smallest absolute Gasteiger partial charge is 0.410 e. The van der Waals surface area contributed by atoms with Crippen molar-refractivity contribution in [1.82, 2.24) is 9.80 Å². The molecular weight excluding hydrogens is 492 g/mol. The molecule has 0 aromatic heterocycles. The SMILES string of the molecule is CC(C)(C)OC(=O)N1CCC([C@H]2C[C@H]2CSSC[C@@H]2C[C@@H]2C2CCN(C(=O)OC(C)(C)C)CC2)CC1. The first kappa shape index (κ1) is 28.3. The van der Waals surface area contributed by atoms with Crippen LogP contribution in [0.1, 0.15) is 80.1 Å². The Kier molecular flexibility index (Phi) is 9.06. The molecule has 4 aliphatic rings. The van der Waals surface area contributed by atoms with Crippen molar-refractivity contribution in [3.63, 3.8) is 0 Å². The van der Waals surface area contributed by atoms with Crippen molar-refractivity contribution in [3.8, 4) is 0 Å². The molecule has 4 fully saturated rings. The van der Waals surface area contributed by atoms with Crippen LogP contribution in [0.25, 0.3) is 0 Å². The molecule has 2 saturated carbocycles. The summed E-state index contributed by atoms with van der Waals surface area (Å²) in [7, 11) is 4.19. The fraction of sp³-hybridized carbons (Fsp3) is 0.929. The van der Waals surface area contributed by atoms with Crippen LogP contribution in [0, 0.1) is 35.5 Å². The number of carbonyl (C=O) groups excluding carboxylic acids is 2. The fourth-order valence-corrected chi connectivity index (χ4v) is 8.96. The third kappa shape index (κ3) is 8.37. The van der Waals surface area contributed by atoms with Gasteiger partial charge in [-0.1, -0.05) is 21.6 Å². The van der Waals surface area contributed by atoms with Crippen molar-refractivity contribution in [2.45, 2.75) is 91.3 Å². The fourth-order valence-electron chi connectivity index (χ4n) is 6.02. The lowest BCUT2D eigenvalue weighted by molar-refractivity contribution is 0.0164. The Morgan fingerprint density at radius 3 is 1.31 bits per heavy atom. The zero-order chi connectivity index (χ0) is 26.1. The third-order valence-corrected chi connectivity index (χ3v) is 10.8. The van der Waals surface area contributed by atoms with E-state index in [4.69, 9.17) is 9.47 Å². The predicted octanol–water partition coefficient (Wildman–Crippen LogP) is 6.93. The summed E-state index contributed by atoms with van der Waals surface area (Å²) in [5.74, 6) is 7.67. The molecule has 2 aliphatic carbocycles. The maximum Gasteiger partial charge on any atom is 0.410 e. The zero-order valence-corrected chi connectivity index (χ0v) is 24.9. The number of hydrogen-bond acceptors (Lipinski definition) is 6. The number of amides is 2. The summed E-state index contributed by atoms with van der Waals surface area (Å²) in [6.07, 6.45) is 7.01. The zero-order valence-electron chi connectivity index (χ0n) is 23.3. The highest BCUT2D eigenvalue weighted by Crippen LogP contribution is 2.53. The van der Waals surface area contributed by atoms with Gasteiger partial charge in [0, 0.05) is 37.7 Å². The minimum atomic E-state index is -0.412. The molecule has 0 N–H and O–H groups in total.